The molecule has 1 fully saturated rings. The van der Waals surface area contributed by atoms with Gasteiger partial charge in [-0.1, -0.05) is 26.0 Å². The van der Waals surface area contributed by atoms with Crippen molar-refractivity contribution in [2.75, 3.05) is 25.2 Å². The Hall–Kier alpha value is -2.68. The molecule has 2 heterocycles. The van der Waals surface area contributed by atoms with Crippen LogP contribution in [0.2, 0.25) is 0 Å². The fraction of sp³-hybridized carbons (Fsp3) is 0.476. The lowest BCUT2D eigenvalue weighted by atomic mass is 10.1. The molecule has 162 valence electrons. The number of sulfone groups is 1. The molecular formula is C21H27N3O5S. The summed E-state index contributed by atoms with van der Waals surface area (Å²) in [5.41, 5.74) is 0.825. The van der Waals surface area contributed by atoms with E-state index in [-0.39, 0.29) is 35.9 Å². The second-order valence-electron chi connectivity index (χ2n) is 7.91. The summed E-state index contributed by atoms with van der Waals surface area (Å²) in [5.74, 6) is 0.523. The van der Waals surface area contributed by atoms with E-state index in [1.807, 2.05) is 32.0 Å². The molecular weight excluding hydrogens is 406 g/mol. The number of rotatable bonds is 7. The highest BCUT2D eigenvalue weighted by atomic mass is 32.2. The molecule has 1 atom stereocenters. The molecule has 8 nitrogen and oxygen atoms in total. The molecule has 1 amide bonds. The van der Waals surface area contributed by atoms with Gasteiger partial charge in [0.15, 0.2) is 9.84 Å². The van der Waals surface area contributed by atoms with Crippen molar-refractivity contribution in [2.24, 2.45) is 5.92 Å². The van der Waals surface area contributed by atoms with E-state index >= 15 is 0 Å². The Bertz CT molecular complexity index is 1080. The van der Waals surface area contributed by atoms with Crippen LogP contribution < -0.4 is 10.3 Å². The maximum absolute atomic E-state index is 13.1. The first-order valence-corrected chi connectivity index (χ1v) is 11.7. The fourth-order valence-corrected chi connectivity index (χ4v) is 5.38. The number of carbonyl (C=O) groups is 1. The molecule has 1 aliphatic rings. The number of hydrogen-bond acceptors (Lipinski definition) is 6. The first kappa shape index (κ1) is 22.0. The molecule has 0 bridgehead atoms. The van der Waals surface area contributed by atoms with Crippen molar-refractivity contribution in [1.82, 2.24) is 14.7 Å². The number of amides is 1. The third kappa shape index (κ3) is 5.08. The van der Waals surface area contributed by atoms with Crippen molar-refractivity contribution in [2.45, 2.75) is 32.9 Å². The molecule has 3 rings (SSSR count). The molecule has 9 heteroatoms. The largest absolute Gasteiger partial charge is 0.496 e. The average Bonchev–Trinajstić information content (AvgIpc) is 3.07. The second kappa shape index (κ2) is 8.99. The summed E-state index contributed by atoms with van der Waals surface area (Å²) in [7, 11) is -1.58. The van der Waals surface area contributed by atoms with Crippen LogP contribution in [-0.4, -0.2) is 60.2 Å². The minimum Gasteiger partial charge on any atom is -0.496 e. The average molecular weight is 434 g/mol. The third-order valence-corrected chi connectivity index (χ3v) is 6.82. The fourth-order valence-electron chi connectivity index (χ4n) is 3.65. The van der Waals surface area contributed by atoms with Gasteiger partial charge in [0.05, 0.1) is 24.3 Å². The monoisotopic (exact) mass is 433 g/mol. The molecule has 0 spiro atoms. The van der Waals surface area contributed by atoms with E-state index in [0.717, 1.165) is 4.68 Å². The highest BCUT2D eigenvalue weighted by Gasteiger charge is 2.35. The highest BCUT2D eigenvalue weighted by molar-refractivity contribution is 7.91. The Kier molecular flexibility index (Phi) is 6.60. The summed E-state index contributed by atoms with van der Waals surface area (Å²) < 4.78 is 30.3. The lowest BCUT2D eigenvalue weighted by Gasteiger charge is -2.30. The van der Waals surface area contributed by atoms with Crippen molar-refractivity contribution in [1.29, 1.82) is 0 Å². The number of methoxy groups -OCH3 is 1. The molecule has 0 unspecified atom stereocenters. The predicted octanol–water partition coefficient (Wildman–Crippen LogP) is 1.59. The number of aromatic nitrogens is 2. The molecule has 1 aromatic heterocycles. The van der Waals surface area contributed by atoms with Crippen LogP contribution in [-0.2, 0) is 21.2 Å². The maximum atomic E-state index is 13.1. The van der Waals surface area contributed by atoms with Crippen molar-refractivity contribution in [3.05, 3.63) is 46.8 Å². The van der Waals surface area contributed by atoms with Crippen LogP contribution in [0.5, 0.6) is 5.75 Å². The topological polar surface area (TPSA) is 98.6 Å². The molecule has 0 aliphatic carbocycles. The molecule has 0 N–H and O–H groups in total. The minimum atomic E-state index is -3.13. The molecule has 1 saturated heterocycles. The van der Waals surface area contributed by atoms with Gasteiger partial charge in [-0.25, -0.2) is 13.1 Å². The Morgan fingerprint density at radius 2 is 2.00 bits per heavy atom. The normalized spacial score (nSPS) is 17.8. The molecule has 1 aromatic carbocycles. The molecule has 1 aliphatic heterocycles. The van der Waals surface area contributed by atoms with Gasteiger partial charge in [0.2, 0.25) is 5.91 Å². The zero-order chi connectivity index (χ0) is 21.9. The van der Waals surface area contributed by atoms with Gasteiger partial charge in [-0.3, -0.25) is 9.59 Å². The van der Waals surface area contributed by atoms with Gasteiger partial charge >= 0.3 is 0 Å². The van der Waals surface area contributed by atoms with E-state index in [0.29, 0.717) is 30.0 Å². The van der Waals surface area contributed by atoms with Crippen LogP contribution in [0.25, 0.3) is 11.3 Å². The molecule has 0 saturated carbocycles. The summed E-state index contributed by atoms with van der Waals surface area (Å²) >= 11 is 0. The van der Waals surface area contributed by atoms with E-state index in [9.17, 15) is 18.0 Å². The van der Waals surface area contributed by atoms with Crippen LogP contribution in [0.15, 0.2) is 41.2 Å². The summed E-state index contributed by atoms with van der Waals surface area (Å²) in [6.45, 7) is 4.12. The van der Waals surface area contributed by atoms with Gasteiger partial charge in [0.1, 0.15) is 12.3 Å². The van der Waals surface area contributed by atoms with Crippen molar-refractivity contribution in [3.8, 4) is 17.0 Å². The number of carbonyl (C=O) groups excluding carboxylic acids is 1. The zero-order valence-electron chi connectivity index (χ0n) is 17.4. The minimum absolute atomic E-state index is 0.0327. The van der Waals surface area contributed by atoms with Gasteiger partial charge < -0.3 is 9.64 Å². The molecule has 2 aromatic rings. The van der Waals surface area contributed by atoms with Crippen molar-refractivity contribution < 1.29 is 17.9 Å². The standard InChI is InChI=1S/C21H27N3O5S/c1-15(2)12-23(16-10-11-30(27,28)14-16)21(26)13-24-20(25)9-8-18(22-24)17-6-4-5-7-19(17)29-3/h4-9,15-16H,10-14H2,1-3H3/t16-/m0/s1. The van der Waals surface area contributed by atoms with Crippen LogP contribution in [0.1, 0.15) is 20.3 Å². The summed E-state index contributed by atoms with van der Waals surface area (Å²) in [6.07, 6.45) is 0.421. The Balaban J connectivity index is 1.88. The number of nitrogens with zero attached hydrogens (tertiary/aromatic N) is 3. The Morgan fingerprint density at radius 1 is 1.27 bits per heavy atom. The van der Waals surface area contributed by atoms with Crippen LogP contribution in [0.3, 0.4) is 0 Å². The van der Waals surface area contributed by atoms with Crippen LogP contribution in [0, 0.1) is 5.92 Å². The lowest BCUT2D eigenvalue weighted by Crippen LogP contribution is -2.46. The number of benzene rings is 1. The SMILES string of the molecule is COc1ccccc1-c1ccc(=O)n(CC(=O)N(CC(C)C)[C@H]2CCS(=O)(=O)C2)n1. The van der Waals surface area contributed by atoms with E-state index in [4.69, 9.17) is 4.74 Å². The lowest BCUT2D eigenvalue weighted by molar-refractivity contribution is -0.134. The van der Waals surface area contributed by atoms with Gasteiger partial charge in [-0.05, 0) is 30.5 Å². The predicted molar refractivity (Wildman–Crippen MR) is 114 cm³/mol. The quantitative estimate of drug-likeness (QED) is 0.658. The third-order valence-electron chi connectivity index (χ3n) is 5.07. The van der Waals surface area contributed by atoms with Gasteiger partial charge in [0.25, 0.3) is 5.56 Å². The molecule has 0 radical (unpaired) electrons. The van der Waals surface area contributed by atoms with E-state index < -0.39 is 15.4 Å². The second-order valence-corrected chi connectivity index (χ2v) is 10.1. The first-order chi connectivity index (χ1) is 14.2. The smallest absolute Gasteiger partial charge is 0.267 e. The Labute approximate surface area is 176 Å². The van der Waals surface area contributed by atoms with Crippen LogP contribution >= 0.6 is 0 Å². The first-order valence-electron chi connectivity index (χ1n) is 9.91. The molecule has 30 heavy (non-hydrogen) atoms. The summed E-state index contributed by atoms with van der Waals surface area (Å²) in [4.78, 5) is 27.0. The van der Waals surface area contributed by atoms with Gasteiger partial charge in [0, 0.05) is 24.2 Å². The zero-order valence-corrected chi connectivity index (χ0v) is 18.3. The van der Waals surface area contributed by atoms with Crippen LogP contribution in [0.4, 0.5) is 0 Å². The highest BCUT2D eigenvalue weighted by Crippen LogP contribution is 2.27. The Morgan fingerprint density at radius 3 is 2.63 bits per heavy atom. The van der Waals surface area contributed by atoms with Crippen molar-refractivity contribution >= 4 is 15.7 Å². The number of hydrogen-bond donors (Lipinski definition) is 0. The maximum Gasteiger partial charge on any atom is 0.267 e. The van der Waals surface area contributed by atoms with Crippen molar-refractivity contribution in [3.63, 3.8) is 0 Å². The van der Waals surface area contributed by atoms with E-state index in [1.165, 1.54) is 6.07 Å². The summed E-state index contributed by atoms with van der Waals surface area (Å²) in [6, 6.07) is 9.89. The van der Waals surface area contributed by atoms with Gasteiger partial charge in [-0.2, -0.15) is 5.10 Å². The van der Waals surface area contributed by atoms with E-state index in [2.05, 4.69) is 5.10 Å². The number of para-hydroxylation sites is 1. The van der Waals surface area contributed by atoms with E-state index in [1.54, 1.807) is 24.1 Å². The van der Waals surface area contributed by atoms with Gasteiger partial charge in [-0.15, -0.1) is 0 Å². The number of ether oxygens (including phenoxy) is 1. The summed E-state index contributed by atoms with van der Waals surface area (Å²) in [5, 5.41) is 4.37.